The Morgan fingerprint density at radius 2 is 2.00 bits per heavy atom. The molecule has 106 valence electrons. The molecule has 1 aromatic heterocycles. The zero-order chi connectivity index (χ0) is 14.8. The molecule has 0 aliphatic rings. The maximum absolute atomic E-state index is 12.2. The second kappa shape index (κ2) is 5.28. The topological polar surface area (TPSA) is 81.2 Å². The van der Waals surface area contributed by atoms with Crippen LogP contribution < -0.4 is 11.1 Å². The van der Waals surface area contributed by atoms with Gasteiger partial charge in [0.2, 0.25) is 5.89 Å². The van der Waals surface area contributed by atoms with Crippen LogP contribution in [0.1, 0.15) is 22.0 Å². The molecule has 0 aliphatic heterocycles. The lowest BCUT2D eigenvalue weighted by molar-refractivity contribution is 0.0948. The fraction of sp³-hybridized carbons (Fsp3) is 0.125. The molecule has 3 N–H and O–H groups in total. The number of nitrogens with two attached hydrogens (primary N) is 1. The van der Waals surface area contributed by atoms with E-state index in [1.165, 1.54) is 0 Å². The molecular formula is C16H15N3O2. The minimum absolute atomic E-state index is 0.235. The summed E-state index contributed by atoms with van der Waals surface area (Å²) in [5.41, 5.74) is 6.87. The van der Waals surface area contributed by atoms with Crippen molar-refractivity contribution >= 4 is 22.4 Å². The van der Waals surface area contributed by atoms with Crippen molar-refractivity contribution in [2.75, 3.05) is 5.73 Å². The fourth-order valence-corrected chi connectivity index (χ4v) is 2.19. The Kier molecular flexibility index (Phi) is 3.31. The SMILES string of the molecule is Cc1cnc(CNC(=O)c2cc3ccccc3cc2N)o1. The number of anilines is 1. The summed E-state index contributed by atoms with van der Waals surface area (Å²) in [6.07, 6.45) is 1.62. The van der Waals surface area contributed by atoms with Crippen LogP contribution in [0.3, 0.4) is 0 Å². The minimum atomic E-state index is -0.242. The molecule has 2 aromatic carbocycles. The van der Waals surface area contributed by atoms with Gasteiger partial charge < -0.3 is 15.5 Å². The number of benzene rings is 2. The maximum Gasteiger partial charge on any atom is 0.253 e. The van der Waals surface area contributed by atoms with Crippen LogP contribution in [0.2, 0.25) is 0 Å². The van der Waals surface area contributed by atoms with E-state index in [4.69, 9.17) is 10.2 Å². The third-order valence-electron chi connectivity index (χ3n) is 3.23. The molecule has 1 amide bonds. The Labute approximate surface area is 121 Å². The van der Waals surface area contributed by atoms with Crippen molar-refractivity contribution in [2.24, 2.45) is 0 Å². The second-order valence-electron chi connectivity index (χ2n) is 4.83. The van der Waals surface area contributed by atoms with Gasteiger partial charge in [0.05, 0.1) is 18.3 Å². The van der Waals surface area contributed by atoms with E-state index in [1.807, 2.05) is 24.3 Å². The summed E-state index contributed by atoms with van der Waals surface area (Å²) in [6.45, 7) is 2.04. The average Bonchev–Trinajstić information content (AvgIpc) is 2.89. The molecule has 0 spiro atoms. The molecule has 5 nitrogen and oxygen atoms in total. The standard InChI is InChI=1S/C16H15N3O2/c1-10-8-18-15(21-10)9-19-16(20)13-6-11-4-2-3-5-12(11)7-14(13)17/h2-8H,9,17H2,1H3,(H,19,20). The van der Waals surface area contributed by atoms with Gasteiger partial charge in [-0.25, -0.2) is 4.98 Å². The summed E-state index contributed by atoms with van der Waals surface area (Å²) in [5, 5.41) is 4.74. The van der Waals surface area contributed by atoms with Gasteiger partial charge in [-0.2, -0.15) is 0 Å². The van der Waals surface area contributed by atoms with Crippen LogP contribution in [0.15, 0.2) is 47.0 Å². The predicted molar refractivity (Wildman–Crippen MR) is 80.8 cm³/mol. The number of nitrogens with one attached hydrogen (secondary N) is 1. The van der Waals surface area contributed by atoms with Crippen LogP contribution in [-0.4, -0.2) is 10.9 Å². The van der Waals surface area contributed by atoms with Gasteiger partial charge in [0.15, 0.2) is 0 Å². The van der Waals surface area contributed by atoms with Crippen molar-refractivity contribution in [1.29, 1.82) is 0 Å². The lowest BCUT2D eigenvalue weighted by Gasteiger charge is -2.08. The number of fused-ring (bicyclic) bond motifs is 1. The van der Waals surface area contributed by atoms with Crippen LogP contribution in [0.4, 0.5) is 5.69 Å². The van der Waals surface area contributed by atoms with Gasteiger partial charge in [0.25, 0.3) is 5.91 Å². The molecule has 5 heteroatoms. The molecule has 0 radical (unpaired) electrons. The number of amides is 1. The summed E-state index contributed by atoms with van der Waals surface area (Å²) in [7, 11) is 0. The Hall–Kier alpha value is -2.82. The summed E-state index contributed by atoms with van der Waals surface area (Å²) in [6, 6.07) is 11.4. The van der Waals surface area contributed by atoms with Crippen LogP contribution in [0, 0.1) is 6.92 Å². The van der Waals surface area contributed by atoms with E-state index in [-0.39, 0.29) is 12.5 Å². The largest absolute Gasteiger partial charge is 0.444 e. The van der Waals surface area contributed by atoms with Crippen LogP contribution in [0.25, 0.3) is 10.8 Å². The Morgan fingerprint density at radius 1 is 1.29 bits per heavy atom. The minimum Gasteiger partial charge on any atom is -0.444 e. The first kappa shape index (κ1) is 13.2. The van der Waals surface area contributed by atoms with Gasteiger partial charge in [-0.05, 0) is 29.8 Å². The average molecular weight is 281 g/mol. The van der Waals surface area contributed by atoms with Gasteiger partial charge in [0.1, 0.15) is 5.76 Å². The zero-order valence-electron chi connectivity index (χ0n) is 11.6. The number of hydrogen-bond acceptors (Lipinski definition) is 4. The van der Waals surface area contributed by atoms with E-state index in [1.54, 1.807) is 25.3 Å². The van der Waals surface area contributed by atoms with Gasteiger partial charge in [-0.1, -0.05) is 24.3 Å². The number of nitrogens with zero attached hydrogens (tertiary/aromatic N) is 1. The normalized spacial score (nSPS) is 10.7. The number of aryl methyl sites for hydroxylation is 1. The first-order valence-electron chi connectivity index (χ1n) is 6.61. The van der Waals surface area contributed by atoms with E-state index in [9.17, 15) is 4.79 Å². The first-order chi connectivity index (χ1) is 10.1. The molecule has 0 bridgehead atoms. The predicted octanol–water partition coefficient (Wildman–Crippen LogP) is 2.65. The lowest BCUT2D eigenvalue weighted by Crippen LogP contribution is -2.24. The Balaban J connectivity index is 1.82. The first-order valence-corrected chi connectivity index (χ1v) is 6.61. The molecular weight excluding hydrogens is 266 g/mol. The summed E-state index contributed by atoms with van der Waals surface area (Å²) < 4.78 is 5.31. The highest BCUT2D eigenvalue weighted by atomic mass is 16.4. The molecule has 0 saturated carbocycles. The summed E-state index contributed by atoms with van der Waals surface area (Å²) in [4.78, 5) is 16.3. The van der Waals surface area contributed by atoms with Gasteiger partial charge in [0, 0.05) is 5.69 Å². The van der Waals surface area contributed by atoms with E-state index in [0.717, 1.165) is 10.8 Å². The van der Waals surface area contributed by atoms with Crippen molar-refractivity contribution in [1.82, 2.24) is 10.3 Å². The van der Waals surface area contributed by atoms with E-state index >= 15 is 0 Å². The molecule has 1 heterocycles. The van der Waals surface area contributed by atoms with Gasteiger partial charge in [-0.3, -0.25) is 4.79 Å². The van der Waals surface area contributed by atoms with Crippen molar-refractivity contribution in [3.8, 4) is 0 Å². The van der Waals surface area contributed by atoms with Crippen molar-refractivity contribution in [2.45, 2.75) is 13.5 Å². The third-order valence-corrected chi connectivity index (χ3v) is 3.23. The number of carbonyl (C=O) groups excluding carboxylic acids is 1. The second-order valence-corrected chi connectivity index (χ2v) is 4.83. The van der Waals surface area contributed by atoms with Crippen molar-refractivity contribution in [3.05, 3.63) is 59.8 Å². The third kappa shape index (κ3) is 2.72. The molecule has 21 heavy (non-hydrogen) atoms. The van der Waals surface area contributed by atoms with E-state index in [2.05, 4.69) is 10.3 Å². The van der Waals surface area contributed by atoms with Crippen molar-refractivity contribution in [3.63, 3.8) is 0 Å². The molecule has 0 aliphatic carbocycles. The highest BCUT2D eigenvalue weighted by Gasteiger charge is 2.12. The number of aromatic nitrogens is 1. The number of nitrogen functional groups attached to an aromatic ring is 1. The molecule has 0 saturated heterocycles. The molecule has 3 rings (SSSR count). The fourth-order valence-electron chi connectivity index (χ4n) is 2.19. The molecule has 3 aromatic rings. The number of hydrogen-bond donors (Lipinski definition) is 2. The summed E-state index contributed by atoms with van der Waals surface area (Å²) >= 11 is 0. The van der Waals surface area contributed by atoms with Gasteiger partial charge >= 0.3 is 0 Å². The number of carbonyl (C=O) groups is 1. The number of rotatable bonds is 3. The summed E-state index contributed by atoms with van der Waals surface area (Å²) in [5.74, 6) is 0.943. The molecule has 0 unspecified atom stereocenters. The van der Waals surface area contributed by atoms with Gasteiger partial charge in [-0.15, -0.1) is 0 Å². The molecule has 0 fully saturated rings. The highest BCUT2D eigenvalue weighted by Crippen LogP contribution is 2.21. The van der Waals surface area contributed by atoms with E-state index in [0.29, 0.717) is 22.9 Å². The van der Waals surface area contributed by atoms with Crippen LogP contribution in [-0.2, 0) is 6.54 Å². The highest BCUT2D eigenvalue weighted by molar-refractivity contribution is 6.03. The van der Waals surface area contributed by atoms with Crippen LogP contribution in [0.5, 0.6) is 0 Å². The smallest absolute Gasteiger partial charge is 0.253 e. The van der Waals surface area contributed by atoms with Crippen LogP contribution >= 0.6 is 0 Å². The lowest BCUT2D eigenvalue weighted by atomic mass is 10.0. The Bertz CT molecular complexity index is 808. The molecule has 0 atom stereocenters. The quantitative estimate of drug-likeness (QED) is 0.723. The van der Waals surface area contributed by atoms with E-state index < -0.39 is 0 Å². The zero-order valence-corrected chi connectivity index (χ0v) is 11.6. The number of oxazole rings is 1. The monoisotopic (exact) mass is 281 g/mol. The Morgan fingerprint density at radius 3 is 2.67 bits per heavy atom. The van der Waals surface area contributed by atoms with Crippen molar-refractivity contribution < 1.29 is 9.21 Å². The maximum atomic E-state index is 12.2.